The molecule has 1 fully saturated rings. The molecule has 0 aromatic rings. The number of hydrogen-bond acceptors (Lipinski definition) is 4. The van der Waals surface area contributed by atoms with Crippen LogP contribution in [0.4, 0.5) is 0 Å². The lowest BCUT2D eigenvalue weighted by atomic mass is 10.0. The van der Waals surface area contributed by atoms with E-state index in [1.807, 2.05) is 13.8 Å². The van der Waals surface area contributed by atoms with E-state index in [-0.39, 0.29) is 6.29 Å². The predicted molar refractivity (Wildman–Crippen MR) is 68.0 cm³/mol. The molecule has 4 nitrogen and oxygen atoms in total. The van der Waals surface area contributed by atoms with E-state index in [2.05, 4.69) is 12.2 Å². The van der Waals surface area contributed by atoms with Gasteiger partial charge in [0, 0.05) is 32.8 Å². The molecule has 2 unspecified atom stereocenters. The Balaban J connectivity index is 2.05. The third-order valence-corrected chi connectivity index (χ3v) is 3.20. The van der Waals surface area contributed by atoms with E-state index < -0.39 is 0 Å². The van der Waals surface area contributed by atoms with Crippen molar-refractivity contribution in [1.82, 2.24) is 5.32 Å². The zero-order valence-electron chi connectivity index (χ0n) is 11.4. The number of hydrogen-bond donors (Lipinski definition) is 1. The van der Waals surface area contributed by atoms with Crippen molar-refractivity contribution < 1.29 is 14.2 Å². The second kappa shape index (κ2) is 8.86. The lowest BCUT2D eigenvalue weighted by Crippen LogP contribution is -2.30. The fourth-order valence-corrected chi connectivity index (χ4v) is 2.14. The van der Waals surface area contributed by atoms with Gasteiger partial charge in [-0.1, -0.05) is 0 Å². The Kier molecular flexibility index (Phi) is 7.77. The largest absolute Gasteiger partial charge is 0.378 e. The molecular weight excluding hydrogens is 218 g/mol. The summed E-state index contributed by atoms with van der Waals surface area (Å²) in [6.07, 6.45) is 2.42. The van der Waals surface area contributed by atoms with Crippen LogP contribution in [0.2, 0.25) is 0 Å². The van der Waals surface area contributed by atoms with Gasteiger partial charge in [0.05, 0.1) is 6.10 Å². The topological polar surface area (TPSA) is 39.7 Å². The summed E-state index contributed by atoms with van der Waals surface area (Å²) in [6.45, 7) is 10.4. The average Bonchev–Trinajstić information content (AvgIpc) is 2.71. The first-order chi connectivity index (χ1) is 8.27. The van der Waals surface area contributed by atoms with Crippen molar-refractivity contribution in [2.24, 2.45) is 5.92 Å². The lowest BCUT2D eigenvalue weighted by molar-refractivity contribution is -0.138. The van der Waals surface area contributed by atoms with E-state index in [1.54, 1.807) is 0 Å². The fraction of sp³-hybridized carbons (Fsp3) is 1.00. The minimum Gasteiger partial charge on any atom is -0.378 e. The number of nitrogens with one attached hydrogen (secondary N) is 1. The Hall–Kier alpha value is -0.160. The van der Waals surface area contributed by atoms with E-state index in [0.29, 0.717) is 25.2 Å². The Morgan fingerprint density at radius 2 is 2.00 bits per heavy atom. The van der Waals surface area contributed by atoms with Crippen molar-refractivity contribution in [3.8, 4) is 0 Å². The van der Waals surface area contributed by atoms with Crippen LogP contribution in [0.3, 0.4) is 0 Å². The van der Waals surface area contributed by atoms with Crippen LogP contribution in [0.5, 0.6) is 0 Å². The summed E-state index contributed by atoms with van der Waals surface area (Å²) >= 11 is 0. The van der Waals surface area contributed by atoms with E-state index in [1.165, 1.54) is 6.42 Å². The molecule has 0 saturated carbocycles. The van der Waals surface area contributed by atoms with Gasteiger partial charge in [-0.15, -0.1) is 0 Å². The zero-order valence-corrected chi connectivity index (χ0v) is 11.4. The van der Waals surface area contributed by atoms with Gasteiger partial charge >= 0.3 is 0 Å². The van der Waals surface area contributed by atoms with Crippen LogP contribution >= 0.6 is 0 Å². The summed E-state index contributed by atoms with van der Waals surface area (Å²) in [6, 6.07) is 0. The Bertz CT molecular complexity index is 184. The van der Waals surface area contributed by atoms with Crippen molar-refractivity contribution in [1.29, 1.82) is 0 Å². The third-order valence-electron chi connectivity index (χ3n) is 3.20. The molecule has 1 aliphatic rings. The summed E-state index contributed by atoms with van der Waals surface area (Å²) in [5.74, 6) is 0.660. The van der Waals surface area contributed by atoms with Crippen LogP contribution < -0.4 is 5.32 Å². The summed E-state index contributed by atoms with van der Waals surface area (Å²) < 4.78 is 16.5. The average molecular weight is 245 g/mol. The van der Waals surface area contributed by atoms with Gasteiger partial charge in [-0.25, -0.2) is 0 Å². The second-order valence-corrected chi connectivity index (χ2v) is 4.46. The molecule has 0 aromatic carbocycles. The zero-order chi connectivity index (χ0) is 12.5. The highest BCUT2D eigenvalue weighted by atomic mass is 16.7. The molecule has 1 rings (SSSR count). The van der Waals surface area contributed by atoms with Crippen LogP contribution in [0.25, 0.3) is 0 Å². The molecule has 2 atom stereocenters. The minimum atomic E-state index is -0.0604. The molecule has 17 heavy (non-hydrogen) atoms. The molecule has 1 heterocycles. The van der Waals surface area contributed by atoms with Crippen LogP contribution in [0.1, 0.15) is 33.6 Å². The maximum atomic E-state index is 5.53. The Morgan fingerprint density at radius 3 is 2.53 bits per heavy atom. The minimum absolute atomic E-state index is 0.0604. The smallest absolute Gasteiger partial charge is 0.158 e. The molecule has 4 heteroatoms. The van der Waals surface area contributed by atoms with Crippen molar-refractivity contribution in [3.63, 3.8) is 0 Å². The second-order valence-electron chi connectivity index (χ2n) is 4.46. The van der Waals surface area contributed by atoms with E-state index >= 15 is 0 Å². The van der Waals surface area contributed by atoms with Crippen LogP contribution in [0, 0.1) is 5.92 Å². The van der Waals surface area contributed by atoms with Gasteiger partial charge in [-0.05, 0) is 39.7 Å². The van der Waals surface area contributed by atoms with E-state index in [4.69, 9.17) is 14.2 Å². The van der Waals surface area contributed by atoms with Gasteiger partial charge < -0.3 is 19.5 Å². The lowest BCUT2D eigenvalue weighted by Gasteiger charge is -2.18. The summed E-state index contributed by atoms with van der Waals surface area (Å²) in [5, 5.41) is 3.47. The maximum Gasteiger partial charge on any atom is 0.158 e. The maximum absolute atomic E-state index is 5.53. The van der Waals surface area contributed by atoms with Crippen molar-refractivity contribution >= 4 is 0 Å². The van der Waals surface area contributed by atoms with Gasteiger partial charge in [-0.2, -0.15) is 0 Å². The fourth-order valence-electron chi connectivity index (χ4n) is 2.14. The van der Waals surface area contributed by atoms with Crippen molar-refractivity contribution in [2.45, 2.75) is 46.0 Å². The molecule has 0 amide bonds. The molecule has 0 aromatic heterocycles. The highest BCUT2D eigenvalue weighted by molar-refractivity contribution is 4.74. The van der Waals surface area contributed by atoms with Gasteiger partial charge in [0.2, 0.25) is 0 Å². The molecule has 1 saturated heterocycles. The molecule has 0 bridgehead atoms. The van der Waals surface area contributed by atoms with Crippen LogP contribution in [-0.2, 0) is 14.2 Å². The van der Waals surface area contributed by atoms with E-state index in [0.717, 1.165) is 26.1 Å². The Labute approximate surface area is 105 Å². The highest BCUT2D eigenvalue weighted by Gasteiger charge is 2.23. The van der Waals surface area contributed by atoms with Crippen molar-refractivity contribution in [2.75, 3.05) is 32.9 Å². The molecule has 1 aliphatic heterocycles. The standard InChI is InChI=1S/C13H27NO3/c1-4-15-13(16-5-2)6-8-14-10-12-7-9-17-11(12)3/h11-14H,4-10H2,1-3H3. The number of rotatable bonds is 9. The predicted octanol–water partition coefficient (Wildman–Crippen LogP) is 1.79. The van der Waals surface area contributed by atoms with E-state index in [9.17, 15) is 0 Å². The van der Waals surface area contributed by atoms with Gasteiger partial charge in [0.25, 0.3) is 0 Å². The van der Waals surface area contributed by atoms with Crippen LogP contribution in [0.15, 0.2) is 0 Å². The Morgan fingerprint density at radius 1 is 1.29 bits per heavy atom. The van der Waals surface area contributed by atoms with Gasteiger partial charge in [0.1, 0.15) is 0 Å². The summed E-state index contributed by atoms with van der Waals surface area (Å²) in [5.41, 5.74) is 0. The van der Waals surface area contributed by atoms with Gasteiger partial charge in [0.15, 0.2) is 6.29 Å². The number of ether oxygens (including phenoxy) is 3. The first-order valence-electron chi connectivity index (χ1n) is 6.83. The molecule has 1 N–H and O–H groups in total. The quantitative estimate of drug-likeness (QED) is 0.496. The molecule has 102 valence electrons. The summed E-state index contributed by atoms with van der Waals surface area (Å²) in [7, 11) is 0. The van der Waals surface area contributed by atoms with Gasteiger partial charge in [-0.3, -0.25) is 0 Å². The monoisotopic (exact) mass is 245 g/mol. The molecule has 0 radical (unpaired) electrons. The first-order valence-corrected chi connectivity index (χ1v) is 6.83. The molecular formula is C13H27NO3. The normalized spacial score (nSPS) is 24.7. The SMILES string of the molecule is CCOC(CCNCC1CCOC1C)OCC. The van der Waals surface area contributed by atoms with Crippen molar-refractivity contribution in [3.05, 3.63) is 0 Å². The highest BCUT2D eigenvalue weighted by Crippen LogP contribution is 2.19. The van der Waals surface area contributed by atoms with Crippen LogP contribution in [-0.4, -0.2) is 45.3 Å². The summed E-state index contributed by atoms with van der Waals surface area (Å²) in [4.78, 5) is 0. The molecule has 0 spiro atoms. The molecule has 0 aliphatic carbocycles. The first kappa shape index (κ1) is 14.9. The third kappa shape index (κ3) is 5.82.